The summed E-state index contributed by atoms with van der Waals surface area (Å²) in [5.41, 5.74) is 6.90. The average Bonchev–Trinajstić information content (AvgIpc) is 2.45. The molecule has 19 heavy (non-hydrogen) atoms. The predicted molar refractivity (Wildman–Crippen MR) is 77.0 cm³/mol. The van der Waals surface area contributed by atoms with E-state index in [-0.39, 0.29) is 11.4 Å². The van der Waals surface area contributed by atoms with E-state index in [9.17, 15) is 4.79 Å². The van der Waals surface area contributed by atoms with Gasteiger partial charge in [0.2, 0.25) is 0 Å². The summed E-state index contributed by atoms with van der Waals surface area (Å²) in [7, 11) is 1.78. The number of carbonyl (C=O) groups is 1. The summed E-state index contributed by atoms with van der Waals surface area (Å²) < 4.78 is 0. The topological polar surface area (TPSA) is 59.2 Å². The van der Waals surface area contributed by atoms with Crippen molar-refractivity contribution in [2.24, 2.45) is 5.73 Å². The van der Waals surface area contributed by atoms with Gasteiger partial charge in [-0.2, -0.15) is 0 Å². The number of aromatic nitrogens is 1. The van der Waals surface area contributed by atoms with Crippen molar-refractivity contribution in [1.29, 1.82) is 0 Å². The van der Waals surface area contributed by atoms with Crippen molar-refractivity contribution < 1.29 is 4.79 Å². The molecule has 0 atom stereocenters. The number of benzene rings is 1. The lowest BCUT2D eigenvalue weighted by Crippen LogP contribution is -2.50. The summed E-state index contributed by atoms with van der Waals surface area (Å²) in [6.45, 7) is 4.32. The van der Waals surface area contributed by atoms with Crippen LogP contribution in [0.5, 0.6) is 0 Å². The van der Waals surface area contributed by atoms with Gasteiger partial charge in [0.15, 0.2) is 0 Å². The quantitative estimate of drug-likeness (QED) is 0.915. The molecule has 0 unspecified atom stereocenters. The number of hydrogen-bond donors (Lipinski definition) is 1. The molecule has 0 aliphatic heterocycles. The van der Waals surface area contributed by atoms with Crippen LogP contribution >= 0.6 is 0 Å². The van der Waals surface area contributed by atoms with Crippen molar-refractivity contribution in [3.63, 3.8) is 0 Å². The lowest BCUT2D eigenvalue weighted by atomic mass is 10.0. The Labute approximate surface area is 113 Å². The molecule has 2 rings (SSSR count). The van der Waals surface area contributed by atoms with Gasteiger partial charge in [0.05, 0.1) is 5.52 Å². The van der Waals surface area contributed by atoms with Crippen molar-refractivity contribution in [3.8, 4) is 0 Å². The molecule has 1 heterocycles. The number of carbonyl (C=O) groups excluding carboxylic acids is 1. The first-order valence-corrected chi connectivity index (χ1v) is 6.29. The van der Waals surface area contributed by atoms with E-state index in [1.807, 2.05) is 38.1 Å². The van der Waals surface area contributed by atoms with Gasteiger partial charge < -0.3 is 10.6 Å². The second kappa shape index (κ2) is 4.97. The summed E-state index contributed by atoms with van der Waals surface area (Å²) in [5.74, 6) is -0.0267. The number of likely N-dealkylation sites (N-methyl/N-ethyl adjacent to an activating group) is 1. The molecule has 4 heteroatoms. The van der Waals surface area contributed by atoms with E-state index in [1.54, 1.807) is 24.2 Å². The zero-order valence-electron chi connectivity index (χ0n) is 11.6. The van der Waals surface area contributed by atoms with Gasteiger partial charge in [0.25, 0.3) is 5.91 Å². The van der Waals surface area contributed by atoms with E-state index in [0.717, 1.165) is 10.9 Å². The molecule has 1 aromatic carbocycles. The molecule has 0 aliphatic rings. The fourth-order valence-electron chi connectivity index (χ4n) is 1.81. The maximum atomic E-state index is 12.4. The van der Waals surface area contributed by atoms with Gasteiger partial charge in [-0.25, -0.2) is 0 Å². The highest BCUT2D eigenvalue weighted by Crippen LogP contribution is 2.18. The highest BCUT2D eigenvalue weighted by Gasteiger charge is 2.26. The lowest BCUT2D eigenvalue weighted by molar-refractivity contribution is 0.0640. The van der Waals surface area contributed by atoms with Gasteiger partial charge >= 0.3 is 0 Å². The summed E-state index contributed by atoms with van der Waals surface area (Å²) in [6.07, 6.45) is 1.74. The minimum Gasteiger partial charge on any atom is -0.335 e. The van der Waals surface area contributed by atoms with Crippen LogP contribution in [-0.2, 0) is 0 Å². The standard InChI is InChI=1S/C15H19N3O/c1-15(2,10-16)18(3)14(19)12-6-7-13-11(9-12)5-4-8-17-13/h4-9H,10,16H2,1-3H3. The molecule has 0 radical (unpaired) electrons. The van der Waals surface area contributed by atoms with Crippen LogP contribution < -0.4 is 5.73 Å². The molecule has 0 saturated heterocycles. The van der Waals surface area contributed by atoms with Gasteiger partial charge in [-0.1, -0.05) is 6.07 Å². The maximum absolute atomic E-state index is 12.4. The molecule has 2 aromatic rings. The number of fused-ring (bicyclic) bond motifs is 1. The second-order valence-electron chi connectivity index (χ2n) is 5.29. The molecule has 1 amide bonds. The van der Waals surface area contributed by atoms with Gasteiger partial charge in [-0.15, -0.1) is 0 Å². The zero-order valence-corrected chi connectivity index (χ0v) is 11.6. The number of amides is 1. The zero-order chi connectivity index (χ0) is 14.0. The third-order valence-electron chi connectivity index (χ3n) is 3.56. The molecule has 2 N–H and O–H groups in total. The summed E-state index contributed by atoms with van der Waals surface area (Å²) in [5, 5.41) is 0.965. The first kappa shape index (κ1) is 13.5. The van der Waals surface area contributed by atoms with E-state index >= 15 is 0 Å². The van der Waals surface area contributed by atoms with Gasteiger partial charge in [0, 0.05) is 36.3 Å². The normalized spacial score (nSPS) is 11.6. The summed E-state index contributed by atoms with van der Waals surface area (Å²) in [6, 6.07) is 9.36. The largest absolute Gasteiger partial charge is 0.335 e. The molecule has 0 saturated carbocycles. The Bertz CT molecular complexity index is 607. The van der Waals surface area contributed by atoms with Crippen molar-refractivity contribution in [2.75, 3.05) is 13.6 Å². The Kier molecular flexibility index (Phi) is 3.53. The van der Waals surface area contributed by atoms with Crippen LogP contribution in [0.1, 0.15) is 24.2 Å². The highest BCUT2D eigenvalue weighted by molar-refractivity contribution is 5.98. The third-order valence-corrected chi connectivity index (χ3v) is 3.56. The molecule has 1 aromatic heterocycles. The van der Waals surface area contributed by atoms with E-state index in [2.05, 4.69) is 4.98 Å². The molecule has 0 fully saturated rings. The SMILES string of the molecule is CN(C(=O)c1ccc2ncccc2c1)C(C)(C)CN. The Morgan fingerprint density at radius 3 is 2.79 bits per heavy atom. The fourth-order valence-corrected chi connectivity index (χ4v) is 1.81. The predicted octanol–water partition coefficient (Wildman–Crippen LogP) is 2.04. The van der Waals surface area contributed by atoms with E-state index < -0.39 is 0 Å². The first-order valence-electron chi connectivity index (χ1n) is 6.29. The molecule has 0 aliphatic carbocycles. The van der Waals surface area contributed by atoms with Crippen LogP contribution in [0.25, 0.3) is 10.9 Å². The monoisotopic (exact) mass is 257 g/mol. The minimum absolute atomic E-state index is 0.0267. The molecule has 0 bridgehead atoms. The summed E-state index contributed by atoms with van der Waals surface area (Å²) >= 11 is 0. The van der Waals surface area contributed by atoms with Crippen LogP contribution in [0.15, 0.2) is 36.5 Å². The van der Waals surface area contributed by atoms with Crippen molar-refractivity contribution >= 4 is 16.8 Å². The first-order chi connectivity index (χ1) is 8.95. The van der Waals surface area contributed by atoms with Crippen LogP contribution in [0.2, 0.25) is 0 Å². The Balaban J connectivity index is 2.36. The maximum Gasteiger partial charge on any atom is 0.254 e. The van der Waals surface area contributed by atoms with Gasteiger partial charge in [0.1, 0.15) is 0 Å². The minimum atomic E-state index is -0.360. The molecule has 100 valence electrons. The smallest absolute Gasteiger partial charge is 0.254 e. The number of nitrogens with zero attached hydrogens (tertiary/aromatic N) is 2. The van der Waals surface area contributed by atoms with Crippen LogP contribution in [0.4, 0.5) is 0 Å². The Morgan fingerprint density at radius 2 is 2.11 bits per heavy atom. The van der Waals surface area contributed by atoms with Crippen molar-refractivity contribution in [3.05, 3.63) is 42.1 Å². The third kappa shape index (κ3) is 2.58. The van der Waals surface area contributed by atoms with Crippen molar-refractivity contribution in [1.82, 2.24) is 9.88 Å². The molecular formula is C15H19N3O. The number of rotatable bonds is 3. The number of nitrogens with two attached hydrogens (primary N) is 1. The molecular weight excluding hydrogens is 238 g/mol. The van der Waals surface area contributed by atoms with E-state index in [0.29, 0.717) is 12.1 Å². The van der Waals surface area contributed by atoms with E-state index in [4.69, 9.17) is 5.73 Å². The second-order valence-corrected chi connectivity index (χ2v) is 5.29. The van der Waals surface area contributed by atoms with Crippen LogP contribution in [0, 0.1) is 0 Å². The van der Waals surface area contributed by atoms with Crippen molar-refractivity contribution in [2.45, 2.75) is 19.4 Å². The lowest BCUT2D eigenvalue weighted by Gasteiger charge is -2.34. The Hall–Kier alpha value is -1.94. The molecule has 0 spiro atoms. The highest BCUT2D eigenvalue weighted by atomic mass is 16.2. The van der Waals surface area contributed by atoms with Gasteiger partial charge in [-0.05, 0) is 38.1 Å². The number of pyridine rings is 1. The Morgan fingerprint density at radius 1 is 1.37 bits per heavy atom. The van der Waals surface area contributed by atoms with Crippen LogP contribution in [0.3, 0.4) is 0 Å². The number of hydrogen-bond acceptors (Lipinski definition) is 3. The summed E-state index contributed by atoms with van der Waals surface area (Å²) in [4.78, 5) is 18.4. The average molecular weight is 257 g/mol. The molecule has 4 nitrogen and oxygen atoms in total. The van der Waals surface area contributed by atoms with Gasteiger partial charge in [-0.3, -0.25) is 9.78 Å². The van der Waals surface area contributed by atoms with Crippen LogP contribution in [-0.4, -0.2) is 34.9 Å². The van der Waals surface area contributed by atoms with E-state index in [1.165, 1.54) is 0 Å². The fraction of sp³-hybridized carbons (Fsp3) is 0.333.